The van der Waals surface area contributed by atoms with Crippen LogP contribution in [0.4, 0.5) is 5.69 Å². The number of ether oxygens (including phenoxy) is 1. The maximum Gasteiger partial charge on any atom is 0.259 e. The Balaban J connectivity index is 1.92. The smallest absolute Gasteiger partial charge is 0.259 e. The predicted molar refractivity (Wildman–Crippen MR) is 97.1 cm³/mol. The number of hydrogen-bond donors (Lipinski definition) is 0. The van der Waals surface area contributed by atoms with Crippen molar-refractivity contribution in [2.45, 2.75) is 12.8 Å². The molecule has 0 N–H and O–H groups in total. The van der Waals surface area contributed by atoms with Crippen molar-refractivity contribution in [2.75, 3.05) is 25.2 Å². The first-order chi connectivity index (χ1) is 12.1. The van der Waals surface area contributed by atoms with Crippen molar-refractivity contribution in [1.82, 2.24) is 4.90 Å². The molecule has 1 fully saturated rings. The molecule has 0 aliphatic carbocycles. The number of methoxy groups -OCH3 is 1. The molecule has 1 heterocycles. The van der Waals surface area contributed by atoms with E-state index in [-0.39, 0.29) is 18.5 Å². The molecule has 0 radical (unpaired) electrons. The van der Waals surface area contributed by atoms with E-state index in [0.717, 1.165) is 6.42 Å². The van der Waals surface area contributed by atoms with E-state index in [4.69, 9.17) is 16.3 Å². The minimum Gasteiger partial charge on any atom is -0.497 e. The van der Waals surface area contributed by atoms with Gasteiger partial charge in [-0.05, 0) is 48.9 Å². The Morgan fingerprint density at radius 3 is 2.60 bits per heavy atom. The van der Waals surface area contributed by atoms with Crippen LogP contribution in [0.1, 0.15) is 23.2 Å². The lowest BCUT2D eigenvalue weighted by Crippen LogP contribution is -2.42. The first kappa shape index (κ1) is 17.3. The largest absolute Gasteiger partial charge is 0.497 e. The highest BCUT2D eigenvalue weighted by Gasteiger charge is 2.26. The predicted octanol–water partition coefficient (Wildman–Crippen LogP) is 3.58. The van der Waals surface area contributed by atoms with Gasteiger partial charge in [0.2, 0.25) is 5.91 Å². The van der Waals surface area contributed by atoms with Crippen molar-refractivity contribution >= 4 is 29.1 Å². The fourth-order valence-corrected chi connectivity index (χ4v) is 3.02. The van der Waals surface area contributed by atoms with Gasteiger partial charge in [0, 0.05) is 29.2 Å². The third kappa shape index (κ3) is 3.94. The summed E-state index contributed by atoms with van der Waals surface area (Å²) in [4.78, 5) is 28.3. The molecule has 130 valence electrons. The van der Waals surface area contributed by atoms with Crippen molar-refractivity contribution in [3.8, 4) is 5.75 Å². The topological polar surface area (TPSA) is 49.9 Å². The van der Waals surface area contributed by atoms with Crippen LogP contribution in [0.5, 0.6) is 5.75 Å². The second kappa shape index (κ2) is 7.57. The van der Waals surface area contributed by atoms with E-state index in [1.165, 1.54) is 0 Å². The number of likely N-dealkylation sites (tertiary alicyclic amines) is 1. The first-order valence-electron chi connectivity index (χ1n) is 8.08. The van der Waals surface area contributed by atoms with E-state index in [1.807, 2.05) is 12.1 Å². The van der Waals surface area contributed by atoms with Gasteiger partial charge in [-0.3, -0.25) is 14.5 Å². The van der Waals surface area contributed by atoms with Crippen molar-refractivity contribution in [1.29, 1.82) is 0 Å². The van der Waals surface area contributed by atoms with Crippen LogP contribution in [0.2, 0.25) is 5.02 Å². The van der Waals surface area contributed by atoms with Gasteiger partial charge < -0.3 is 9.64 Å². The van der Waals surface area contributed by atoms with E-state index in [0.29, 0.717) is 35.0 Å². The quantitative estimate of drug-likeness (QED) is 0.821. The Hall–Kier alpha value is -2.53. The van der Waals surface area contributed by atoms with Crippen LogP contribution < -0.4 is 9.64 Å². The van der Waals surface area contributed by atoms with Crippen LogP contribution in [0, 0.1) is 0 Å². The van der Waals surface area contributed by atoms with Crippen LogP contribution >= 0.6 is 11.6 Å². The lowest BCUT2D eigenvalue weighted by atomic mass is 10.2. The molecule has 5 nitrogen and oxygen atoms in total. The van der Waals surface area contributed by atoms with Gasteiger partial charge in [-0.25, -0.2) is 0 Å². The summed E-state index contributed by atoms with van der Waals surface area (Å²) in [6, 6.07) is 14.0. The summed E-state index contributed by atoms with van der Waals surface area (Å²) in [6.07, 6.45) is 1.35. The van der Waals surface area contributed by atoms with E-state index < -0.39 is 0 Å². The van der Waals surface area contributed by atoms with E-state index in [1.54, 1.807) is 53.3 Å². The molecule has 6 heteroatoms. The number of halogens is 1. The average Bonchev–Trinajstić information content (AvgIpc) is 3.04. The summed E-state index contributed by atoms with van der Waals surface area (Å²) in [5, 5.41) is 0.498. The molecular formula is C19H19ClN2O3. The molecule has 2 aromatic rings. The summed E-state index contributed by atoms with van der Waals surface area (Å²) < 4.78 is 5.17. The van der Waals surface area contributed by atoms with Crippen LogP contribution in [0.25, 0.3) is 0 Å². The number of benzene rings is 2. The Labute approximate surface area is 151 Å². The molecule has 0 aromatic heterocycles. The Morgan fingerprint density at radius 2 is 2.00 bits per heavy atom. The summed E-state index contributed by atoms with van der Waals surface area (Å²) in [7, 11) is 1.59. The summed E-state index contributed by atoms with van der Waals surface area (Å²) in [5.74, 6) is 0.570. The third-order valence-electron chi connectivity index (χ3n) is 4.18. The molecule has 0 unspecified atom stereocenters. The van der Waals surface area contributed by atoms with Crippen molar-refractivity contribution in [3.63, 3.8) is 0 Å². The third-order valence-corrected chi connectivity index (χ3v) is 4.42. The van der Waals surface area contributed by atoms with Gasteiger partial charge in [0.25, 0.3) is 5.91 Å². The summed E-state index contributed by atoms with van der Waals surface area (Å²) in [5.41, 5.74) is 1.18. The molecule has 1 aliphatic rings. The van der Waals surface area contributed by atoms with Gasteiger partial charge in [0.1, 0.15) is 12.4 Å². The molecule has 2 amide bonds. The maximum absolute atomic E-state index is 13.0. The molecule has 1 aliphatic heterocycles. The van der Waals surface area contributed by atoms with Gasteiger partial charge in [-0.1, -0.05) is 17.7 Å². The number of nitrogens with zero attached hydrogens (tertiary/aromatic N) is 2. The van der Waals surface area contributed by atoms with Gasteiger partial charge in [-0.15, -0.1) is 0 Å². The number of rotatable bonds is 5. The number of carbonyl (C=O) groups is 2. The van der Waals surface area contributed by atoms with E-state index in [9.17, 15) is 9.59 Å². The maximum atomic E-state index is 13.0. The van der Waals surface area contributed by atoms with Gasteiger partial charge in [0.05, 0.1) is 7.11 Å². The minimum atomic E-state index is -0.202. The van der Waals surface area contributed by atoms with Gasteiger partial charge in [0.15, 0.2) is 0 Å². The Morgan fingerprint density at radius 1 is 1.24 bits per heavy atom. The minimum absolute atomic E-state index is 0.0670. The van der Waals surface area contributed by atoms with Crippen molar-refractivity contribution in [3.05, 3.63) is 59.1 Å². The molecule has 1 saturated heterocycles. The van der Waals surface area contributed by atoms with E-state index >= 15 is 0 Å². The standard InChI is InChI=1S/C19H19ClN2O3/c1-25-17-9-7-16(8-10-17)22(13-21-11-3-6-18(21)23)19(24)14-4-2-5-15(20)12-14/h2,4-5,7-10,12H,3,6,11,13H2,1H3. The summed E-state index contributed by atoms with van der Waals surface area (Å²) >= 11 is 6.02. The first-order valence-corrected chi connectivity index (χ1v) is 8.45. The molecule has 0 saturated carbocycles. The van der Waals surface area contributed by atoms with Crippen molar-refractivity contribution in [2.24, 2.45) is 0 Å². The van der Waals surface area contributed by atoms with Crippen LogP contribution in [0.3, 0.4) is 0 Å². The SMILES string of the molecule is COc1ccc(N(CN2CCCC2=O)C(=O)c2cccc(Cl)c2)cc1. The second-order valence-electron chi connectivity index (χ2n) is 5.84. The Kier molecular flexibility index (Phi) is 5.24. The van der Waals surface area contributed by atoms with Crippen LogP contribution in [0.15, 0.2) is 48.5 Å². The zero-order chi connectivity index (χ0) is 17.8. The zero-order valence-electron chi connectivity index (χ0n) is 13.9. The molecule has 0 atom stereocenters. The lowest BCUT2D eigenvalue weighted by Gasteiger charge is -2.28. The monoisotopic (exact) mass is 358 g/mol. The highest BCUT2D eigenvalue weighted by molar-refractivity contribution is 6.31. The Bertz CT molecular complexity index is 776. The highest BCUT2D eigenvalue weighted by Crippen LogP contribution is 2.24. The van der Waals surface area contributed by atoms with Crippen LogP contribution in [-0.2, 0) is 4.79 Å². The molecule has 0 bridgehead atoms. The number of amides is 2. The number of anilines is 1. The average molecular weight is 359 g/mol. The molecular weight excluding hydrogens is 340 g/mol. The fraction of sp³-hybridized carbons (Fsp3) is 0.263. The van der Waals surface area contributed by atoms with Crippen LogP contribution in [-0.4, -0.2) is 37.0 Å². The lowest BCUT2D eigenvalue weighted by molar-refractivity contribution is -0.127. The highest BCUT2D eigenvalue weighted by atomic mass is 35.5. The number of hydrogen-bond acceptors (Lipinski definition) is 3. The fourth-order valence-electron chi connectivity index (χ4n) is 2.83. The second-order valence-corrected chi connectivity index (χ2v) is 6.28. The van der Waals surface area contributed by atoms with Crippen molar-refractivity contribution < 1.29 is 14.3 Å². The molecule has 3 rings (SSSR count). The molecule has 2 aromatic carbocycles. The molecule has 25 heavy (non-hydrogen) atoms. The van der Waals surface area contributed by atoms with Gasteiger partial charge >= 0.3 is 0 Å². The number of carbonyl (C=O) groups excluding carboxylic acids is 2. The zero-order valence-corrected chi connectivity index (χ0v) is 14.7. The van der Waals surface area contributed by atoms with E-state index in [2.05, 4.69) is 0 Å². The summed E-state index contributed by atoms with van der Waals surface area (Å²) in [6.45, 7) is 0.880. The normalized spacial score (nSPS) is 13.8. The molecule has 0 spiro atoms. The van der Waals surface area contributed by atoms with Gasteiger partial charge in [-0.2, -0.15) is 0 Å².